The van der Waals surface area contributed by atoms with Crippen molar-refractivity contribution in [3.8, 4) is 5.69 Å². The summed E-state index contributed by atoms with van der Waals surface area (Å²) in [6.07, 6.45) is 0.660. The molecule has 0 atom stereocenters. The van der Waals surface area contributed by atoms with Crippen molar-refractivity contribution in [2.45, 2.75) is 13.5 Å². The Labute approximate surface area is 109 Å². The Hall–Kier alpha value is -1.72. The van der Waals surface area contributed by atoms with Gasteiger partial charge < -0.3 is 4.74 Å². The van der Waals surface area contributed by atoms with Crippen molar-refractivity contribution in [1.29, 1.82) is 0 Å². The predicted octanol–water partition coefficient (Wildman–Crippen LogP) is 2.19. The molecule has 0 aliphatic carbocycles. The third-order valence-electron chi connectivity index (χ3n) is 2.59. The number of aromatic nitrogens is 3. The Kier molecular flexibility index (Phi) is 3.74. The second-order valence-electron chi connectivity index (χ2n) is 3.82. The number of ether oxygens (including phenoxy) is 1. The van der Waals surface area contributed by atoms with E-state index in [9.17, 15) is 4.79 Å². The van der Waals surface area contributed by atoms with Crippen LogP contribution in [0.2, 0.25) is 5.02 Å². The molecule has 0 saturated carbocycles. The van der Waals surface area contributed by atoms with Gasteiger partial charge in [-0.05, 0) is 24.6 Å². The lowest BCUT2D eigenvalue weighted by Crippen LogP contribution is -2.05. The van der Waals surface area contributed by atoms with Crippen LogP contribution < -0.4 is 0 Å². The van der Waals surface area contributed by atoms with E-state index in [4.69, 9.17) is 16.3 Å². The highest BCUT2D eigenvalue weighted by molar-refractivity contribution is 6.31. The highest BCUT2D eigenvalue weighted by Gasteiger charge is 2.13. The number of aryl methyl sites for hydroxylation is 1. The topological polar surface area (TPSA) is 57.0 Å². The molecule has 0 radical (unpaired) electrons. The molecule has 94 valence electrons. The van der Waals surface area contributed by atoms with Crippen LogP contribution in [0.5, 0.6) is 0 Å². The van der Waals surface area contributed by atoms with E-state index in [0.717, 1.165) is 11.3 Å². The van der Waals surface area contributed by atoms with E-state index in [1.807, 2.05) is 19.1 Å². The van der Waals surface area contributed by atoms with Gasteiger partial charge >= 0.3 is 0 Å². The van der Waals surface area contributed by atoms with E-state index in [1.165, 1.54) is 0 Å². The Balaban J connectivity index is 2.52. The fraction of sp³-hybridized carbons (Fsp3) is 0.250. The molecule has 0 unspecified atom stereocenters. The molecule has 0 spiro atoms. The Bertz CT molecular complexity index is 581. The molecule has 0 fully saturated rings. The van der Waals surface area contributed by atoms with Crippen LogP contribution in [-0.4, -0.2) is 28.4 Å². The van der Waals surface area contributed by atoms with Gasteiger partial charge in [-0.2, -0.15) is 0 Å². The normalized spacial score (nSPS) is 10.6. The first-order chi connectivity index (χ1) is 8.67. The van der Waals surface area contributed by atoms with Crippen LogP contribution >= 0.6 is 11.6 Å². The number of hydrogen-bond donors (Lipinski definition) is 0. The average Bonchev–Trinajstić information content (AvgIpc) is 2.76. The lowest BCUT2D eigenvalue weighted by atomic mass is 10.2. The maximum Gasteiger partial charge on any atom is 0.172 e. The van der Waals surface area contributed by atoms with Gasteiger partial charge in [0.05, 0.1) is 12.3 Å². The number of benzene rings is 1. The van der Waals surface area contributed by atoms with Crippen molar-refractivity contribution in [3.63, 3.8) is 0 Å². The van der Waals surface area contributed by atoms with Crippen molar-refractivity contribution in [3.05, 3.63) is 40.2 Å². The number of carbonyl (C=O) groups is 1. The van der Waals surface area contributed by atoms with Gasteiger partial charge in [0.2, 0.25) is 0 Å². The SMILES string of the molecule is COCc1c(C=O)nnn1-c1ccc(C)c(Cl)c1. The Morgan fingerprint density at radius 3 is 2.89 bits per heavy atom. The number of nitrogens with zero attached hydrogens (tertiary/aromatic N) is 3. The highest BCUT2D eigenvalue weighted by atomic mass is 35.5. The summed E-state index contributed by atoms with van der Waals surface area (Å²) >= 11 is 6.07. The molecular weight excluding hydrogens is 254 g/mol. The first-order valence-corrected chi connectivity index (χ1v) is 5.70. The quantitative estimate of drug-likeness (QED) is 0.795. The number of carbonyl (C=O) groups excluding carboxylic acids is 1. The molecule has 0 amide bonds. The van der Waals surface area contributed by atoms with Crippen LogP contribution in [0.1, 0.15) is 21.7 Å². The maximum atomic E-state index is 10.9. The monoisotopic (exact) mass is 265 g/mol. The lowest BCUT2D eigenvalue weighted by molar-refractivity contribution is 0.111. The zero-order valence-electron chi connectivity index (χ0n) is 10.1. The number of rotatable bonds is 4. The van der Waals surface area contributed by atoms with E-state index >= 15 is 0 Å². The average molecular weight is 266 g/mol. The summed E-state index contributed by atoms with van der Waals surface area (Å²) in [7, 11) is 1.55. The van der Waals surface area contributed by atoms with Gasteiger partial charge in [0.25, 0.3) is 0 Å². The maximum absolute atomic E-state index is 10.9. The van der Waals surface area contributed by atoms with Crippen molar-refractivity contribution in [2.24, 2.45) is 0 Å². The summed E-state index contributed by atoms with van der Waals surface area (Å²) in [5.41, 5.74) is 2.60. The molecule has 2 rings (SSSR count). The first-order valence-electron chi connectivity index (χ1n) is 5.32. The molecular formula is C12H12ClN3O2. The highest BCUT2D eigenvalue weighted by Crippen LogP contribution is 2.20. The van der Waals surface area contributed by atoms with Gasteiger partial charge in [-0.25, -0.2) is 4.68 Å². The number of hydrogen-bond acceptors (Lipinski definition) is 4. The molecule has 0 bridgehead atoms. The van der Waals surface area contributed by atoms with Crippen molar-refractivity contribution in [2.75, 3.05) is 7.11 Å². The van der Waals surface area contributed by atoms with Crippen LogP contribution in [0, 0.1) is 6.92 Å². The van der Waals surface area contributed by atoms with Crippen LogP contribution in [0.3, 0.4) is 0 Å². The largest absolute Gasteiger partial charge is 0.378 e. The van der Waals surface area contributed by atoms with Gasteiger partial charge in [0.1, 0.15) is 5.69 Å². The fourth-order valence-corrected chi connectivity index (χ4v) is 1.77. The van der Waals surface area contributed by atoms with Gasteiger partial charge in [-0.3, -0.25) is 4.79 Å². The summed E-state index contributed by atoms with van der Waals surface area (Å²) in [5, 5.41) is 8.38. The summed E-state index contributed by atoms with van der Waals surface area (Å²) in [6.45, 7) is 2.17. The van der Waals surface area contributed by atoms with Gasteiger partial charge in [0.15, 0.2) is 12.0 Å². The van der Waals surface area contributed by atoms with Crippen LogP contribution in [0.25, 0.3) is 5.69 Å². The summed E-state index contributed by atoms with van der Waals surface area (Å²) in [4.78, 5) is 10.9. The molecule has 0 aliphatic rings. The van der Waals surface area contributed by atoms with Crippen LogP contribution in [-0.2, 0) is 11.3 Å². The Morgan fingerprint density at radius 2 is 2.28 bits per heavy atom. The number of halogens is 1. The van der Waals surface area contributed by atoms with Crippen LogP contribution in [0.15, 0.2) is 18.2 Å². The fourth-order valence-electron chi connectivity index (χ4n) is 1.60. The molecule has 0 aliphatic heterocycles. The van der Waals surface area contributed by atoms with Crippen molar-refractivity contribution < 1.29 is 9.53 Å². The number of aldehydes is 1. The van der Waals surface area contributed by atoms with E-state index in [1.54, 1.807) is 17.9 Å². The minimum Gasteiger partial charge on any atom is -0.378 e. The first kappa shape index (κ1) is 12.7. The molecule has 0 N–H and O–H groups in total. The van der Waals surface area contributed by atoms with Crippen molar-refractivity contribution in [1.82, 2.24) is 15.0 Å². The smallest absolute Gasteiger partial charge is 0.172 e. The third kappa shape index (κ3) is 2.27. The zero-order valence-corrected chi connectivity index (χ0v) is 10.8. The van der Waals surface area contributed by atoms with Gasteiger partial charge in [0, 0.05) is 12.1 Å². The van der Waals surface area contributed by atoms with E-state index in [0.29, 0.717) is 17.0 Å². The van der Waals surface area contributed by atoms with Gasteiger partial charge in [-0.15, -0.1) is 5.10 Å². The van der Waals surface area contributed by atoms with Crippen molar-refractivity contribution >= 4 is 17.9 Å². The molecule has 2 aromatic rings. The van der Waals surface area contributed by atoms with E-state index in [2.05, 4.69) is 10.3 Å². The minimum absolute atomic E-state index is 0.257. The Morgan fingerprint density at radius 1 is 1.50 bits per heavy atom. The summed E-state index contributed by atoms with van der Waals surface area (Å²) in [6, 6.07) is 5.53. The lowest BCUT2D eigenvalue weighted by Gasteiger charge is -2.07. The number of methoxy groups -OCH3 is 1. The standard InChI is InChI=1S/C12H12ClN3O2/c1-8-3-4-9(5-10(8)13)16-12(7-18-2)11(6-17)14-15-16/h3-6H,7H2,1-2H3. The van der Waals surface area contributed by atoms with Crippen LogP contribution in [0.4, 0.5) is 0 Å². The van der Waals surface area contributed by atoms with E-state index < -0.39 is 0 Å². The molecule has 6 heteroatoms. The summed E-state index contributed by atoms with van der Waals surface area (Å²) < 4.78 is 6.61. The second kappa shape index (κ2) is 5.29. The molecule has 0 saturated heterocycles. The molecule has 1 heterocycles. The molecule has 1 aromatic heterocycles. The zero-order chi connectivity index (χ0) is 13.1. The van der Waals surface area contributed by atoms with E-state index in [-0.39, 0.29) is 12.3 Å². The molecule has 5 nitrogen and oxygen atoms in total. The minimum atomic E-state index is 0.257. The van der Waals surface area contributed by atoms with Gasteiger partial charge in [-0.1, -0.05) is 22.9 Å². The second-order valence-corrected chi connectivity index (χ2v) is 4.22. The molecule has 1 aromatic carbocycles. The predicted molar refractivity (Wildman–Crippen MR) is 67.2 cm³/mol. The summed E-state index contributed by atoms with van der Waals surface area (Å²) in [5.74, 6) is 0. The third-order valence-corrected chi connectivity index (χ3v) is 2.99. The molecule has 18 heavy (non-hydrogen) atoms.